The Labute approximate surface area is 112 Å². The van der Waals surface area contributed by atoms with E-state index in [9.17, 15) is 10.2 Å². The second-order valence-electron chi connectivity index (χ2n) is 4.32. The highest BCUT2D eigenvalue weighted by atomic mass is 35.5. The molecule has 0 radical (unpaired) electrons. The number of hydrogen-bond donors (Lipinski definition) is 3. The summed E-state index contributed by atoms with van der Waals surface area (Å²) >= 11 is 5.93. The molecule has 3 N–H and O–H groups in total. The van der Waals surface area contributed by atoms with Crippen LogP contribution in [0.3, 0.4) is 0 Å². The monoisotopic (exact) mass is 273 g/mol. The third kappa shape index (κ3) is 3.80. The van der Waals surface area contributed by atoms with Crippen LogP contribution in [0.15, 0.2) is 6.07 Å². The Kier molecular flexibility index (Phi) is 5.78. The molecular weight excluding hydrogens is 254 g/mol. The van der Waals surface area contributed by atoms with Crippen molar-refractivity contribution in [3.05, 3.63) is 17.0 Å². The van der Waals surface area contributed by atoms with Crippen LogP contribution in [0.1, 0.15) is 32.5 Å². The van der Waals surface area contributed by atoms with Crippen LogP contribution in [0, 0.1) is 0 Å². The Hall–Kier alpha value is -0.910. The van der Waals surface area contributed by atoms with Crippen molar-refractivity contribution < 1.29 is 10.2 Å². The Morgan fingerprint density at radius 1 is 1.28 bits per heavy atom. The van der Waals surface area contributed by atoms with E-state index in [1.54, 1.807) is 6.07 Å². The summed E-state index contributed by atoms with van der Waals surface area (Å²) in [4.78, 5) is 8.44. The van der Waals surface area contributed by atoms with E-state index >= 15 is 0 Å². The third-order valence-corrected chi connectivity index (χ3v) is 3.08. The lowest BCUT2D eigenvalue weighted by molar-refractivity contribution is 0.132. The molecule has 0 atom stereocenters. The summed E-state index contributed by atoms with van der Waals surface area (Å²) in [5.41, 5.74) is -0.777. The first kappa shape index (κ1) is 15.1. The van der Waals surface area contributed by atoms with Gasteiger partial charge in [-0.25, -0.2) is 9.97 Å². The van der Waals surface area contributed by atoms with Gasteiger partial charge in [-0.15, -0.1) is 0 Å². The van der Waals surface area contributed by atoms with Crippen molar-refractivity contribution in [1.82, 2.24) is 9.97 Å². The van der Waals surface area contributed by atoms with Gasteiger partial charge in [0.05, 0.1) is 18.8 Å². The maximum absolute atomic E-state index is 9.38. The molecule has 0 aromatic carbocycles. The number of aryl methyl sites for hydroxylation is 1. The number of hydrogen-bond acceptors (Lipinski definition) is 5. The summed E-state index contributed by atoms with van der Waals surface area (Å²) in [5.74, 6) is 1.19. The van der Waals surface area contributed by atoms with E-state index in [0.717, 1.165) is 12.8 Å². The van der Waals surface area contributed by atoms with Crippen molar-refractivity contribution >= 4 is 17.4 Å². The molecule has 1 rings (SSSR count). The standard InChI is InChI=1S/C12H20ClN3O2/c1-3-5-10-14-9(13)6-11(15-10)16-12(4-2,7-17)8-18/h6,17-18H,3-5,7-8H2,1-2H3,(H,14,15,16). The van der Waals surface area contributed by atoms with E-state index in [4.69, 9.17) is 11.6 Å². The smallest absolute Gasteiger partial charge is 0.134 e. The zero-order valence-electron chi connectivity index (χ0n) is 10.8. The predicted molar refractivity (Wildman–Crippen MR) is 71.9 cm³/mol. The summed E-state index contributed by atoms with van der Waals surface area (Å²) in [7, 11) is 0. The molecule has 0 amide bonds. The Morgan fingerprint density at radius 3 is 2.44 bits per heavy atom. The van der Waals surface area contributed by atoms with E-state index in [0.29, 0.717) is 23.2 Å². The Balaban J connectivity index is 2.95. The number of anilines is 1. The molecule has 0 saturated carbocycles. The van der Waals surface area contributed by atoms with Crippen LogP contribution in [0.25, 0.3) is 0 Å². The molecule has 0 aliphatic heterocycles. The quantitative estimate of drug-likeness (QED) is 0.658. The zero-order chi connectivity index (χ0) is 13.6. The Bertz CT molecular complexity index is 375. The number of aromatic nitrogens is 2. The lowest BCUT2D eigenvalue weighted by Gasteiger charge is -2.30. The minimum absolute atomic E-state index is 0.176. The van der Waals surface area contributed by atoms with Crippen molar-refractivity contribution in [2.75, 3.05) is 18.5 Å². The van der Waals surface area contributed by atoms with Crippen LogP contribution in [0.5, 0.6) is 0 Å². The maximum atomic E-state index is 9.38. The van der Waals surface area contributed by atoms with E-state index in [-0.39, 0.29) is 13.2 Å². The second-order valence-corrected chi connectivity index (χ2v) is 4.70. The van der Waals surface area contributed by atoms with Crippen molar-refractivity contribution in [2.45, 2.75) is 38.6 Å². The lowest BCUT2D eigenvalue weighted by atomic mass is 9.98. The highest BCUT2D eigenvalue weighted by Gasteiger charge is 2.27. The highest BCUT2D eigenvalue weighted by molar-refractivity contribution is 6.29. The molecule has 6 heteroatoms. The predicted octanol–water partition coefficient (Wildman–Crippen LogP) is 1.63. The van der Waals surface area contributed by atoms with Gasteiger partial charge in [-0.1, -0.05) is 25.4 Å². The van der Waals surface area contributed by atoms with Gasteiger partial charge < -0.3 is 15.5 Å². The minimum atomic E-state index is -0.777. The molecule has 0 spiro atoms. The average molecular weight is 274 g/mol. The molecular formula is C12H20ClN3O2. The molecule has 1 aromatic rings. The van der Waals surface area contributed by atoms with Crippen molar-refractivity contribution in [1.29, 1.82) is 0 Å². The van der Waals surface area contributed by atoms with E-state index in [2.05, 4.69) is 15.3 Å². The van der Waals surface area contributed by atoms with Crippen LogP contribution in [0.2, 0.25) is 5.15 Å². The molecule has 102 valence electrons. The fourth-order valence-corrected chi connectivity index (χ4v) is 1.78. The van der Waals surface area contributed by atoms with Gasteiger partial charge in [0.25, 0.3) is 0 Å². The molecule has 0 fully saturated rings. The first-order chi connectivity index (χ1) is 8.59. The minimum Gasteiger partial charge on any atom is -0.394 e. The first-order valence-electron chi connectivity index (χ1n) is 6.12. The fraction of sp³-hybridized carbons (Fsp3) is 0.667. The summed E-state index contributed by atoms with van der Waals surface area (Å²) in [6.45, 7) is 3.57. The number of nitrogens with zero attached hydrogens (tertiary/aromatic N) is 2. The van der Waals surface area contributed by atoms with Gasteiger partial charge in [0.1, 0.15) is 16.8 Å². The largest absolute Gasteiger partial charge is 0.394 e. The number of rotatable bonds is 7. The van der Waals surface area contributed by atoms with Gasteiger partial charge in [-0.05, 0) is 12.8 Å². The Morgan fingerprint density at radius 2 is 1.94 bits per heavy atom. The molecule has 0 aliphatic rings. The maximum Gasteiger partial charge on any atom is 0.134 e. The topological polar surface area (TPSA) is 78.3 Å². The lowest BCUT2D eigenvalue weighted by Crippen LogP contribution is -2.45. The third-order valence-electron chi connectivity index (χ3n) is 2.89. The van der Waals surface area contributed by atoms with Gasteiger partial charge >= 0.3 is 0 Å². The molecule has 1 aromatic heterocycles. The van der Waals surface area contributed by atoms with Gasteiger partial charge in [0.2, 0.25) is 0 Å². The molecule has 0 unspecified atom stereocenters. The number of halogens is 1. The molecule has 1 heterocycles. The first-order valence-corrected chi connectivity index (χ1v) is 6.50. The molecule has 5 nitrogen and oxygen atoms in total. The molecule has 0 saturated heterocycles. The fourth-order valence-electron chi connectivity index (χ4n) is 1.58. The molecule has 0 bridgehead atoms. The van der Waals surface area contributed by atoms with Gasteiger partial charge in [0, 0.05) is 12.5 Å². The second kappa shape index (κ2) is 6.87. The normalized spacial score (nSPS) is 11.6. The van der Waals surface area contributed by atoms with Crippen molar-refractivity contribution in [2.24, 2.45) is 0 Å². The highest BCUT2D eigenvalue weighted by Crippen LogP contribution is 2.19. The van der Waals surface area contributed by atoms with Crippen LogP contribution < -0.4 is 5.32 Å². The molecule has 0 aliphatic carbocycles. The SMILES string of the molecule is CCCc1nc(Cl)cc(NC(CC)(CO)CO)n1. The van der Waals surface area contributed by atoms with Gasteiger partial charge in [-0.3, -0.25) is 0 Å². The average Bonchev–Trinajstić information content (AvgIpc) is 2.36. The van der Waals surface area contributed by atoms with E-state index in [1.165, 1.54) is 0 Å². The molecule has 18 heavy (non-hydrogen) atoms. The van der Waals surface area contributed by atoms with Crippen LogP contribution in [0.4, 0.5) is 5.82 Å². The van der Waals surface area contributed by atoms with Crippen LogP contribution in [-0.2, 0) is 6.42 Å². The van der Waals surface area contributed by atoms with Crippen LogP contribution in [-0.4, -0.2) is 38.9 Å². The van der Waals surface area contributed by atoms with Gasteiger partial charge in [-0.2, -0.15) is 0 Å². The summed E-state index contributed by atoms with van der Waals surface area (Å²) in [6, 6.07) is 1.59. The van der Waals surface area contributed by atoms with Crippen molar-refractivity contribution in [3.8, 4) is 0 Å². The number of nitrogens with one attached hydrogen (secondary N) is 1. The van der Waals surface area contributed by atoms with Gasteiger partial charge in [0.15, 0.2) is 0 Å². The van der Waals surface area contributed by atoms with Crippen molar-refractivity contribution in [3.63, 3.8) is 0 Å². The summed E-state index contributed by atoms with van der Waals surface area (Å²) in [6.07, 6.45) is 2.25. The summed E-state index contributed by atoms with van der Waals surface area (Å²) in [5, 5.41) is 22.2. The number of aliphatic hydroxyl groups excluding tert-OH is 2. The number of aliphatic hydroxyl groups is 2. The zero-order valence-corrected chi connectivity index (χ0v) is 11.5. The van der Waals surface area contributed by atoms with Crippen LogP contribution >= 0.6 is 11.6 Å². The van der Waals surface area contributed by atoms with E-state index in [1.807, 2.05) is 13.8 Å². The summed E-state index contributed by atoms with van der Waals surface area (Å²) < 4.78 is 0. The van der Waals surface area contributed by atoms with E-state index < -0.39 is 5.54 Å².